The summed E-state index contributed by atoms with van der Waals surface area (Å²) >= 11 is 0. The van der Waals surface area contributed by atoms with Gasteiger partial charge in [-0.15, -0.1) is 0 Å². The molecule has 0 spiro atoms. The van der Waals surface area contributed by atoms with E-state index in [9.17, 15) is 4.79 Å². The first-order valence-electron chi connectivity index (χ1n) is 4.59. The number of hydrogen-bond donors (Lipinski definition) is 2. The highest BCUT2D eigenvalue weighted by Crippen LogP contribution is 1.93. The molecule has 0 aromatic carbocycles. The average Bonchev–Trinajstić information content (AvgIpc) is 2.00. The quantitative estimate of drug-likeness (QED) is 0.588. The van der Waals surface area contributed by atoms with Crippen LogP contribution in [-0.4, -0.2) is 31.2 Å². The Labute approximate surface area is 79.8 Å². The number of hydrogen-bond acceptors (Lipinski definition) is 3. The van der Waals surface area contributed by atoms with Crippen LogP contribution in [0.4, 0.5) is 0 Å². The van der Waals surface area contributed by atoms with E-state index in [0.29, 0.717) is 26.2 Å². The molecule has 4 heteroatoms. The summed E-state index contributed by atoms with van der Waals surface area (Å²) in [5, 5.41) is 2.74. The third-order valence-corrected chi connectivity index (χ3v) is 1.42. The number of nitrogens with two attached hydrogens (primary N) is 1. The maximum Gasteiger partial charge on any atom is 0.222 e. The standard InChI is InChI=1S/C9H20N2O2/c1-4-13-6-5-8(12)11-7-9(2,3)10/h4-7,10H2,1-3H3,(H,11,12). The summed E-state index contributed by atoms with van der Waals surface area (Å²) in [7, 11) is 0. The molecule has 0 heterocycles. The van der Waals surface area contributed by atoms with Crippen LogP contribution in [0.15, 0.2) is 0 Å². The molecule has 0 rings (SSSR count). The smallest absolute Gasteiger partial charge is 0.222 e. The number of rotatable bonds is 6. The van der Waals surface area contributed by atoms with Gasteiger partial charge in [0.25, 0.3) is 0 Å². The Morgan fingerprint density at radius 2 is 2.15 bits per heavy atom. The Bertz CT molecular complexity index is 152. The summed E-state index contributed by atoms with van der Waals surface area (Å²) < 4.78 is 5.04. The zero-order chi connectivity index (χ0) is 10.3. The van der Waals surface area contributed by atoms with Gasteiger partial charge in [0, 0.05) is 25.1 Å². The van der Waals surface area contributed by atoms with Crippen LogP contribution in [0.1, 0.15) is 27.2 Å². The molecule has 0 unspecified atom stereocenters. The lowest BCUT2D eigenvalue weighted by atomic mass is 10.1. The summed E-state index contributed by atoms with van der Waals surface area (Å²) in [6.45, 7) is 7.27. The predicted molar refractivity (Wildman–Crippen MR) is 52.4 cm³/mol. The van der Waals surface area contributed by atoms with Gasteiger partial charge in [-0.3, -0.25) is 4.79 Å². The largest absolute Gasteiger partial charge is 0.381 e. The SMILES string of the molecule is CCOCCC(=O)NCC(C)(C)N. The van der Waals surface area contributed by atoms with Crippen LogP contribution < -0.4 is 11.1 Å². The van der Waals surface area contributed by atoms with Crippen LogP contribution >= 0.6 is 0 Å². The van der Waals surface area contributed by atoms with Gasteiger partial charge < -0.3 is 15.8 Å². The van der Waals surface area contributed by atoms with Gasteiger partial charge in [-0.05, 0) is 20.8 Å². The third kappa shape index (κ3) is 9.30. The number of ether oxygens (including phenoxy) is 1. The molecule has 3 N–H and O–H groups in total. The molecule has 0 aromatic heterocycles. The molecule has 0 bridgehead atoms. The van der Waals surface area contributed by atoms with Gasteiger partial charge in [-0.1, -0.05) is 0 Å². The molecule has 0 aliphatic rings. The lowest BCUT2D eigenvalue weighted by Gasteiger charge is -2.18. The third-order valence-electron chi connectivity index (χ3n) is 1.42. The topological polar surface area (TPSA) is 64.3 Å². The number of carbonyl (C=O) groups is 1. The highest BCUT2D eigenvalue weighted by molar-refractivity contribution is 5.76. The molecule has 0 aromatic rings. The van der Waals surface area contributed by atoms with E-state index in [4.69, 9.17) is 10.5 Å². The highest BCUT2D eigenvalue weighted by Gasteiger charge is 2.11. The number of amides is 1. The van der Waals surface area contributed by atoms with Crippen LogP contribution in [0.25, 0.3) is 0 Å². The molecule has 1 amide bonds. The first kappa shape index (κ1) is 12.4. The van der Waals surface area contributed by atoms with Crippen LogP contribution in [0.2, 0.25) is 0 Å². The molecule has 0 radical (unpaired) electrons. The predicted octanol–water partition coefficient (Wildman–Crippen LogP) is 0.267. The fourth-order valence-corrected chi connectivity index (χ4v) is 0.724. The van der Waals surface area contributed by atoms with Gasteiger partial charge in [-0.2, -0.15) is 0 Å². The highest BCUT2D eigenvalue weighted by atomic mass is 16.5. The van der Waals surface area contributed by atoms with Crippen LogP contribution in [0.3, 0.4) is 0 Å². The van der Waals surface area contributed by atoms with Crippen molar-refractivity contribution in [3.8, 4) is 0 Å². The van der Waals surface area contributed by atoms with Crippen molar-refractivity contribution in [3.63, 3.8) is 0 Å². The lowest BCUT2D eigenvalue weighted by molar-refractivity contribution is -0.122. The van der Waals surface area contributed by atoms with E-state index in [2.05, 4.69) is 5.32 Å². The molecule has 0 aliphatic heterocycles. The van der Waals surface area contributed by atoms with Gasteiger partial charge in [-0.25, -0.2) is 0 Å². The van der Waals surface area contributed by atoms with E-state index in [-0.39, 0.29) is 11.4 Å². The molecule has 0 fully saturated rings. The number of carbonyl (C=O) groups excluding carboxylic acids is 1. The molecular formula is C9H20N2O2. The molecule has 0 atom stereocenters. The first-order valence-corrected chi connectivity index (χ1v) is 4.59. The van der Waals surface area contributed by atoms with Crippen molar-refractivity contribution in [3.05, 3.63) is 0 Å². The summed E-state index contributed by atoms with van der Waals surface area (Å²) in [5.41, 5.74) is 5.35. The molecule has 0 aliphatic carbocycles. The van der Waals surface area contributed by atoms with Gasteiger partial charge in [0.05, 0.1) is 6.61 Å². The van der Waals surface area contributed by atoms with E-state index >= 15 is 0 Å². The Kier molecular flexibility index (Phi) is 5.66. The van der Waals surface area contributed by atoms with Crippen LogP contribution in [-0.2, 0) is 9.53 Å². The van der Waals surface area contributed by atoms with E-state index in [0.717, 1.165) is 0 Å². The van der Waals surface area contributed by atoms with E-state index in [1.165, 1.54) is 0 Å². The summed E-state index contributed by atoms with van der Waals surface area (Å²) in [5.74, 6) is -0.00743. The molecule has 0 saturated heterocycles. The molecular weight excluding hydrogens is 168 g/mol. The van der Waals surface area contributed by atoms with Crippen LogP contribution in [0.5, 0.6) is 0 Å². The maximum absolute atomic E-state index is 11.1. The van der Waals surface area contributed by atoms with Gasteiger partial charge in [0.1, 0.15) is 0 Å². The second-order valence-electron chi connectivity index (χ2n) is 3.71. The fraction of sp³-hybridized carbons (Fsp3) is 0.889. The maximum atomic E-state index is 11.1. The summed E-state index contributed by atoms with van der Waals surface area (Å²) in [6, 6.07) is 0. The van der Waals surface area contributed by atoms with Crippen LogP contribution in [0, 0.1) is 0 Å². The average molecular weight is 188 g/mol. The summed E-state index contributed by atoms with van der Waals surface area (Å²) in [6.07, 6.45) is 0.407. The van der Waals surface area contributed by atoms with Crippen molar-refractivity contribution in [2.45, 2.75) is 32.7 Å². The monoisotopic (exact) mass is 188 g/mol. The fourth-order valence-electron chi connectivity index (χ4n) is 0.724. The van der Waals surface area contributed by atoms with Crippen molar-refractivity contribution < 1.29 is 9.53 Å². The van der Waals surface area contributed by atoms with Crippen molar-refractivity contribution in [1.29, 1.82) is 0 Å². The first-order chi connectivity index (χ1) is 5.95. The Hall–Kier alpha value is -0.610. The Balaban J connectivity index is 3.41. The van der Waals surface area contributed by atoms with Gasteiger partial charge in [0.2, 0.25) is 5.91 Å². The van der Waals surface area contributed by atoms with E-state index in [1.807, 2.05) is 20.8 Å². The molecule has 78 valence electrons. The van der Waals surface area contributed by atoms with Crippen molar-refractivity contribution in [2.75, 3.05) is 19.8 Å². The van der Waals surface area contributed by atoms with Crippen molar-refractivity contribution in [1.82, 2.24) is 5.32 Å². The normalized spacial score (nSPS) is 11.4. The second kappa shape index (κ2) is 5.94. The van der Waals surface area contributed by atoms with E-state index < -0.39 is 0 Å². The molecule has 13 heavy (non-hydrogen) atoms. The summed E-state index contributed by atoms with van der Waals surface area (Å²) in [4.78, 5) is 11.1. The zero-order valence-corrected chi connectivity index (χ0v) is 8.72. The molecule has 0 saturated carbocycles. The molecule has 4 nitrogen and oxygen atoms in total. The number of nitrogens with one attached hydrogen (secondary N) is 1. The minimum atomic E-state index is -0.346. The van der Waals surface area contributed by atoms with Gasteiger partial charge in [0.15, 0.2) is 0 Å². The zero-order valence-electron chi connectivity index (χ0n) is 8.72. The van der Waals surface area contributed by atoms with Gasteiger partial charge >= 0.3 is 0 Å². The Morgan fingerprint density at radius 3 is 2.62 bits per heavy atom. The minimum absolute atomic E-state index is 0.00743. The lowest BCUT2D eigenvalue weighted by Crippen LogP contribution is -2.45. The Morgan fingerprint density at radius 1 is 1.54 bits per heavy atom. The minimum Gasteiger partial charge on any atom is -0.381 e. The van der Waals surface area contributed by atoms with Crippen molar-refractivity contribution >= 4 is 5.91 Å². The van der Waals surface area contributed by atoms with E-state index in [1.54, 1.807) is 0 Å². The second-order valence-corrected chi connectivity index (χ2v) is 3.71. The van der Waals surface area contributed by atoms with Crippen molar-refractivity contribution in [2.24, 2.45) is 5.73 Å².